The third kappa shape index (κ3) is 3.34. The predicted octanol–water partition coefficient (Wildman–Crippen LogP) is 10.4. The number of hydrogen-bond acceptors (Lipinski definition) is 2. The zero-order valence-electron chi connectivity index (χ0n) is 21.5. The molecule has 0 radical (unpaired) electrons. The lowest BCUT2D eigenvalue weighted by atomic mass is 9.95. The van der Waals surface area contributed by atoms with Crippen LogP contribution in [0.1, 0.15) is 5.56 Å². The van der Waals surface area contributed by atoms with Crippen LogP contribution in [0.2, 0.25) is 0 Å². The molecule has 0 N–H and O–H groups in total. The summed E-state index contributed by atoms with van der Waals surface area (Å²) in [5.41, 5.74) is 8.32. The first-order valence-corrected chi connectivity index (χ1v) is 14.2. The van der Waals surface area contributed by atoms with Gasteiger partial charge in [-0.15, -0.1) is 11.3 Å². The Morgan fingerprint density at radius 1 is 0.500 bits per heavy atom. The maximum absolute atomic E-state index is 10.2. The molecule has 0 fully saturated rings. The van der Waals surface area contributed by atoms with Crippen molar-refractivity contribution in [2.45, 2.75) is 0 Å². The second-order valence-corrected chi connectivity index (χ2v) is 11.1. The van der Waals surface area contributed by atoms with Gasteiger partial charge in [-0.2, -0.15) is 5.26 Å². The van der Waals surface area contributed by atoms with E-state index < -0.39 is 0 Å². The molecule has 2 nitrogen and oxygen atoms in total. The Morgan fingerprint density at radius 3 is 1.75 bits per heavy atom. The molecular formula is C37H22N2S. The molecule has 0 saturated carbocycles. The van der Waals surface area contributed by atoms with E-state index in [-0.39, 0.29) is 0 Å². The minimum absolute atomic E-state index is 0.655. The molecule has 0 amide bonds. The van der Waals surface area contributed by atoms with Crippen LogP contribution in [0.15, 0.2) is 133 Å². The third-order valence-corrected chi connectivity index (χ3v) is 9.01. The smallest absolute Gasteiger partial charge is 0.101 e. The van der Waals surface area contributed by atoms with Crippen molar-refractivity contribution >= 4 is 53.3 Å². The van der Waals surface area contributed by atoms with Crippen molar-refractivity contribution in [2.24, 2.45) is 0 Å². The molecule has 0 aliphatic heterocycles. The average molecular weight is 527 g/mol. The number of rotatable bonds is 3. The van der Waals surface area contributed by atoms with Crippen LogP contribution in [0.25, 0.3) is 69.9 Å². The second-order valence-electron chi connectivity index (χ2n) is 10.0. The Morgan fingerprint density at radius 2 is 1.05 bits per heavy atom. The fourth-order valence-electron chi connectivity index (χ4n) is 6.12. The minimum Gasteiger partial charge on any atom is -0.307 e. The first-order valence-electron chi connectivity index (χ1n) is 13.3. The van der Waals surface area contributed by atoms with Gasteiger partial charge in [0.2, 0.25) is 0 Å². The number of benzene rings is 6. The van der Waals surface area contributed by atoms with Crippen molar-refractivity contribution in [1.29, 1.82) is 5.26 Å². The fourth-order valence-corrected chi connectivity index (χ4v) is 7.25. The first kappa shape index (κ1) is 22.8. The van der Waals surface area contributed by atoms with Crippen LogP contribution in [0, 0.1) is 11.3 Å². The summed E-state index contributed by atoms with van der Waals surface area (Å²) in [6.45, 7) is 0. The maximum Gasteiger partial charge on any atom is 0.101 e. The highest BCUT2D eigenvalue weighted by Crippen LogP contribution is 2.41. The van der Waals surface area contributed by atoms with Crippen molar-refractivity contribution < 1.29 is 0 Å². The number of aromatic nitrogens is 1. The largest absolute Gasteiger partial charge is 0.307 e. The van der Waals surface area contributed by atoms with E-state index in [4.69, 9.17) is 0 Å². The van der Waals surface area contributed by atoms with Crippen LogP contribution in [-0.2, 0) is 0 Å². The fraction of sp³-hybridized carbons (Fsp3) is 0. The zero-order valence-corrected chi connectivity index (χ0v) is 22.3. The van der Waals surface area contributed by atoms with Gasteiger partial charge in [-0.1, -0.05) is 103 Å². The molecule has 0 unspecified atom stereocenters. The average Bonchev–Trinajstić information content (AvgIpc) is 3.57. The van der Waals surface area contributed by atoms with Gasteiger partial charge in [-0.3, -0.25) is 0 Å². The lowest BCUT2D eigenvalue weighted by molar-refractivity contribution is 1.17. The summed E-state index contributed by atoms with van der Waals surface area (Å²) in [7, 11) is 0. The minimum atomic E-state index is 0.655. The van der Waals surface area contributed by atoms with Crippen LogP contribution in [-0.4, -0.2) is 4.57 Å². The molecule has 0 spiro atoms. The number of hydrogen-bond donors (Lipinski definition) is 0. The Balaban J connectivity index is 1.34. The molecule has 3 heteroatoms. The number of para-hydroxylation sites is 3. The Bertz CT molecular complexity index is 2220. The molecule has 6 aromatic carbocycles. The topological polar surface area (TPSA) is 28.7 Å². The van der Waals surface area contributed by atoms with Gasteiger partial charge in [-0.25, -0.2) is 0 Å². The van der Waals surface area contributed by atoms with E-state index >= 15 is 0 Å². The molecule has 8 rings (SSSR count). The quantitative estimate of drug-likeness (QED) is 0.225. The molecule has 0 saturated heterocycles. The lowest BCUT2D eigenvalue weighted by Gasteiger charge is -2.16. The summed E-state index contributed by atoms with van der Waals surface area (Å²) in [4.78, 5) is 0. The second kappa shape index (κ2) is 8.95. The van der Waals surface area contributed by atoms with E-state index in [9.17, 15) is 5.26 Å². The zero-order chi connectivity index (χ0) is 26.6. The molecule has 0 aliphatic rings. The van der Waals surface area contributed by atoms with E-state index in [0.29, 0.717) is 5.56 Å². The van der Waals surface area contributed by atoms with E-state index in [0.717, 1.165) is 27.8 Å². The molecule has 2 heterocycles. The highest BCUT2D eigenvalue weighted by molar-refractivity contribution is 7.25. The van der Waals surface area contributed by atoms with Crippen molar-refractivity contribution in [3.05, 3.63) is 139 Å². The van der Waals surface area contributed by atoms with Crippen LogP contribution in [0.4, 0.5) is 0 Å². The van der Waals surface area contributed by atoms with Crippen LogP contribution >= 0.6 is 11.3 Å². The summed E-state index contributed by atoms with van der Waals surface area (Å²) in [6, 6.07) is 49.4. The van der Waals surface area contributed by atoms with Gasteiger partial charge in [-0.05, 0) is 47.0 Å². The van der Waals surface area contributed by atoms with Gasteiger partial charge < -0.3 is 4.57 Å². The van der Waals surface area contributed by atoms with E-state index in [1.54, 1.807) is 0 Å². The number of thiophene rings is 1. The molecule has 2 aromatic heterocycles. The van der Waals surface area contributed by atoms with Crippen molar-refractivity contribution in [3.8, 4) is 34.0 Å². The van der Waals surface area contributed by atoms with Gasteiger partial charge in [0.1, 0.15) is 6.07 Å². The Hall–Kier alpha value is -5.17. The molecule has 186 valence electrons. The Labute approximate surface area is 235 Å². The van der Waals surface area contributed by atoms with Crippen molar-refractivity contribution in [3.63, 3.8) is 0 Å². The van der Waals surface area contributed by atoms with Gasteiger partial charge in [0, 0.05) is 36.5 Å². The summed E-state index contributed by atoms with van der Waals surface area (Å²) in [6.07, 6.45) is 0. The van der Waals surface area contributed by atoms with Gasteiger partial charge in [0.15, 0.2) is 0 Å². The summed E-state index contributed by atoms with van der Waals surface area (Å²) >= 11 is 1.84. The standard InChI is InChI=1S/C37H22N2S/c38-23-26-9-7-14-28(37(26)39-32-15-4-1-10-29(32)30-11-2-5-16-33(30)39)25-21-19-24(20-22-25)27-13-8-18-35-36(27)31-12-3-6-17-34(31)40-35/h1-22H. The van der Waals surface area contributed by atoms with Crippen LogP contribution in [0.5, 0.6) is 0 Å². The molecule has 0 aliphatic carbocycles. The van der Waals surface area contributed by atoms with Gasteiger partial charge in [0.25, 0.3) is 0 Å². The van der Waals surface area contributed by atoms with E-state index in [2.05, 4.69) is 132 Å². The maximum atomic E-state index is 10.2. The molecular weight excluding hydrogens is 504 g/mol. The SMILES string of the molecule is N#Cc1cccc(-c2ccc(-c3cccc4sc5ccccc5c34)cc2)c1-n1c2ccccc2c2ccccc21. The Kier molecular flexibility index (Phi) is 5.10. The van der Waals surface area contributed by atoms with Gasteiger partial charge >= 0.3 is 0 Å². The molecule has 0 atom stereocenters. The van der Waals surface area contributed by atoms with E-state index in [1.165, 1.54) is 42.1 Å². The third-order valence-electron chi connectivity index (χ3n) is 7.87. The highest BCUT2D eigenvalue weighted by atomic mass is 32.1. The highest BCUT2D eigenvalue weighted by Gasteiger charge is 2.19. The first-order chi connectivity index (χ1) is 19.8. The molecule has 40 heavy (non-hydrogen) atoms. The molecule has 0 bridgehead atoms. The number of nitriles is 1. The van der Waals surface area contributed by atoms with Crippen molar-refractivity contribution in [1.82, 2.24) is 4.57 Å². The summed E-state index contributed by atoms with van der Waals surface area (Å²) in [5.74, 6) is 0. The van der Waals surface area contributed by atoms with Crippen LogP contribution < -0.4 is 0 Å². The number of fused-ring (bicyclic) bond motifs is 6. The summed E-state index contributed by atoms with van der Waals surface area (Å²) in [5, 5.41) is 15.2. The van der Waals surface area contributed by atoms with Crippen LogP contribution in [0.3, 0.4) is 0 Å². The normalized spacial score (nSPS) is 11.5. The summed E-state index contributed by atoms with van der Waals surface area (Å²) < 4.78 is 4.87. The number of nitrogens with zero attached hydrogens (tertiary/aromatic N) is 2. The predicted molar refractivity (Wildman–Crippen MR) is 169 cm³/mol. The van der Waals surface area contributed by atoms with Crippen molar-refractivity contribution in [2.75, 3.05) is 0 Å². The molecule has 8 aromatic rings. The lowest BCUT2D eigenvalue weighted by Crippen LogP contribution is -2.00. The van der Waals surface area contributed by atoms with E-state index in [1.807, 2.05) is 23.5 Å². The monoisotopic (exact) mass is 526 g/mol. The van der Waals surface area contributed by atoms with Gasteiger partial charge in [0.05, 0.1) is 22.3 Å².